The maximum atomic E-state index is 12.6. The number of esters is 1. The van der Waals surface area contributed by atoms with Gasteiger partial charge in [0.1, 0.15) is 0 Å². The van der Waals surface area contributed by atoms with E-state index < -0.39 is 23.0 Å². The molecule has 11 heteroatoms. The molecular formula is C24H23N5O6. The van der Waals surface area contributed by atoms with E-state index in [1.165, 1.54) is 19.2 Å². The minimum Gasteiger partial charge on any atom is -0.487 e. The van der Waals surface area contributed by atoms with Crippen LogP contribution < -0.4 is 15.4 Å². The van der Waals surface area contributed by atoms with E-state index in [-0.39, 0.29) is 23.6 Å². The summed E-state index contributed by atoms with van der Waals surface area (Å²) in [5, 5.41) is 21.7. The second-order valence-electron chi connectivity index (χ2n) is 7.65. The molecule has 1 atom stereocenters. The van der Waals surface area contributed by atoms with E-state index in [0.717, 1.165) is 5.69 Å². The van der Waals surface area contributed by atoms with Crippen LogP contribution in [0.1, 0.15) is 25.5 Å². The van der Waals surface area contributed by atoms with Gasteiger partial charge in [-0.05, 0) is 38.1 Å². The molecule has 11 nitrogen and oxygen atoms in total. The lowest BCUT2D eigenvalue weighted by Gasteiger charge is -2.27. The molecule has 0 saturated carbocycles. The van der Waals surface area contributed by atoms with Gasteiger partial charge in [-0.3, -0.25) is 10.1 Å². The SMILES string of the molecule is CCOc1ccc(-c2nn(-c3ccccc3)cc2[C@@H]2NC(=O)NC(C)=C2C(=O)OC)cc1[N+](=O)[O-]. The molecule has 35 heavy (non-hydrogen) atoms. The van der Waals surface area contributed by atoms with Crippen LogP contribution >= 0.6 is 0 Å². The Kier molecular flexibility index (Phi) is 6.49. The molecule has 1 aliphatic rings. The summed E-state index contributed by atoms with van der Waals surface area (Å²) in [5.74, 6) is -0.498. The number of allylic oxidation sites excluding steroid dienone is 1. The Balaban J connectivity index is 1.94. The van der Waals surface area contributed by atoms with Gasteiger partial charge in [0.15, 0.2) is 5.75 Å². The Labute approximate surface area is 200 Å². The first-order valence-corrected chi connectivity index (χ1v) is 10.8. The molecule has 2 heterocycles. The predicted molar refractivity (Wildman–Crippen MR) is 126 cm³/mol. The maximum absolute atomic E-state index is 12.6. The average Bonchev–Trinajstić information content (AvgIpc) is 3.29. The Bertz CT molecular complexity index is 1330. The van der Waals surface area contributed by atoms with Crippen LogP contribution in [0.3, 0.4) is 0 Å². The molecule has 0 spiro atoms. The maximum Gasteiger partial charge on any atom is 0.337 e. The molecule has 2 N–H and O–H groups in total. The normalized spacial score (nSPS) is 15.3. The molecule has 3 aromatic rings. The van der Waals surface area contributed by atoms with Crippen LogP contribution in [0, 0.1) is 10.1 Å². The Morgan fingerprint density at radius 1 is 1.23 bits per heavy atom. The molecule has 0 fully saturated rings. The van der Waals surface area contributed by atoms with Gasteiger partial charge in [-0.2, -0.15) is 5.10 Å². The van der Waals surface area contributed by atoms with Crippen LogP contribution in [-0.2, 0) is 9.53 Å². The number of amides is 2. The molecule has 1 aliphatic heterocycles. The summed E-state index contributed by atoms with van der Waals surface area (Å²) in [6.45, 7) is 3.60. The molecule has 4 rings (SSSR count). The van der Waals surface area contributed by atoms with Gasteiger partial charge in [0.2, 0.25) is 0 Å². The summed E-state index contributed by atoms with van der Waals surface area (Å²) in [7, 11) is 1.25. The highest BCUT2D eigenvalue weighted by Crippen LogP contribution is 2.38. The van der Waals surface area contributed by atoms with Gasteiger partial charge in [0.25, 0.3) is 0 Å². The second-order valence-corrected chi connectivity index (χ2v) is 7.65. The number of benzene rings is 2. The number of nitro groups is 1. The second kappa shape index (κ2) is 9.67. The number of carbonyl (C=O) groups is 2. The zero-order chi connectivity index (χ0) is 25.1. The van der Waals surface area contributed by atoms with E-state index in [0.29, 0.717) is 22.5 Å². The lowest BCUT2D eigenvalue weighted by atomic mass is 9.93. The van der Waals surface area contributed by atoms with Gasteiger partial charge in [-0.15, -0.1) is 0 Å². The van der Waals surface area contributed by atoms with E-state index in [1.54, 1.807) is 30.8 Å². The third-order valence-electron chi connectivity index (χ3n) is 5.48. The number of aromatic nitrogens is 2. The van der Waals surface area contributed by atoms with Crippen molar-refractivity contribution in [2.75, 3.05) is 13.7 Å². The summed E-state index contributed by atoms with van der Waals surface area (Å²) in [6, 6.07) is 12.3. The monoisotopic (exact) mass is 477 g/mol. The summed E-state index contributed by atoms with van der Waals surface area (Å²) in [6.07, 6.45) is 1.68. The van der Waals surface area contributed by atoms with Crippen molar-refractivity contribution in [1.29, 1.82) is 0 Å². The zero-order valence-corrected chi connectivity index (χ0v) is 19.3. The standard InChI is InChI=1S/C24H23N5O6/c1-4-35-19-11-10-15(12-18(19)29(32)33)21-17(13-28(27-21)16-8-6-5-7-9-16)22-20(23(30)34-3)14(2)25-24(31)26-22/h5-13,22H,4H2,1-3H3,(H2,25,26,31)/t22-/m0/s1. The van der Waals surface area contributed by atoms with Crippen LogP contribution in [-0.4, -0.2) is 40.4 Å². The number of methoxy groups -OCH3 is 1. The van der Waals surface area contributed by atoms with Gasteiger partial charge >= 0.3 is 17.7 Å². The molecule has 0 unspecified atom stereocenters. The minimum absolute atomic E-state index is 0.131. The van der Waals surface area contributed by atoms with Gasteiger partial charge in [0, 0.05) is 29.1 Å². The highest BCUT2D eigenvalue weighted by molar-refractivity contribution is 5.95. The number of carbonyl (C=O) groups excluding carboxylic acids is 2. The topological polar surface area (TPSA) is 138 Å². The van der Waals surface area contributed by atoms with Gasteiger partial charge in [-0.25, -0.2) is 14.3 Å². The smallest absolute Gasteiger partial charge is 0.337 e. The highest BCUT2D eigenvalue weighted by Gasteiger charge is 2.35. The first-order valence-electron chi connectivity index (χ1n) is 10.8. The summed E-state index contributed by atoms with van der Waals surface area (Å²) in [4.78, 5) is 36.2. The minimum atomic E-state index is -0.908. The van der Waals surface area contributed by atoms with Gasteiger partial charge in [0.05, 0.1) is 41.6 Å². The Morgan fingerprint density at radius 2 is 1.97 bits per heavy atom. The molecule has 2 amide bonds. The number of nitrogens with one attached hydrogen (secondary N) is 2. The lowest BCUT2D eigenvalue weighted by molar-refractivity contribution is -0.385. The first kappa shape index (κ1) is 23.5. The van der Waals surface area contributed by atoms with Crippen molar-refractivity contribution in [3.63, 3.8) is 0 Å². The molecule has 0 aliphatic carbocycles. The number of urea groups is 1. The quantitative estimate of drug-likeness (QED) is 0.301. The van der Waals surface area contributed by atoms with Crippen molar-refractivity contribution >= 4 is 17.7 Å². The number of para-hydroxylation sites is 1. The fraction of sp³-hybridized carbons (Fsp3) is 0.208. The van der Waals surface area contributed by atoms with Crippen LogP contribution in [0.5, 0.6) is 5.75 Å². The predicted octanol–water partition coefficient (Wildman–Crippen LogP) is 3.65. The van der Waals surface area contributed by atoms with Crippen molar-refractivity contribution in [1.82, 2.24) is 20.4 Å². The molecule has 1 aromatic heterocycles. The fourth-order valence-corrected chi connectivity index (χ4v) is 3.93. The van der Waals surface area contributed by atoms with Crippen molar-refractivity contribution in [2.24, 2.45) is 0 Å². The first-order chi connectivity index (χ1) is 16.8. The number of hydrogen-bond acceptors (Lipinski definition) is 7. The summed E-state index contributed by atoms with van der Waals surface area (Å²) < 4.78 is 11.9. The van der Waals surface area contributed by atoms with E-state index >= 15 is 0 Å². The van der Waals surface area contributed by atoms with E-state index in [9.17, 15) is 19.7 Å². The highest BCUT2D eigenvalue weighted by atomic mass is 16.6. The Morgan fingerprint density at radius 3 is 2.63 bits per heavy atom. The lowest BCUT2D eigenvalue weighted by Crippen LogP contribution is -2.45. The van der Waals surface area contributed by atoms with E-state index in [4.69, 9.17) is 9.47 Å². The molecule has 180 valence electrons. The van der Waals surface area contributed by atoms with Crippen LogP contribution in [0.2, 0.25) is 0 Å². The third kappa shape index (κ3) is 4.56. The molecular weight excluding hydrogens is 454 g/mol. The van der Waals surface area contributed by atoms with Crippen molar-refractivity contribution in [3.8, 4) is 22.7 Å². The molecule has 0 bridgehead atoms. The number of rotatable bonds is 7. The van der Waals surface area contributed by atoms with Crippen LogP contribution in [0.4, 0.5) is 10.5 Å². The number of ether oxygens (including phenoxy) is 2. The van der Waals surface area contributed by atoms with Crippen LogP contribution in [0.25, 0.3) is 16.9 Å². The number of hydrogen-bond donors (Lipinski definition) is 2. The summed E-state index contributed by atoms with van der Waals surface area (Å²) in [5.41, 5.74) is 2.26. The van der Waals surface area contributed by atoms with Crippen molar-refractivity contribution < 1.29 is 24.0 Å². The van der Waals surface area contributed by atoms with Gasteiger partial charge in [-0.1, -0.05) is 18.2 Å². The summed E-state index contributed by atoms with van der Waals surface area (Å²) >= 11 is 0. The van der Waals surface area contributed by atoms with Crippen molar-refractivity contribution in [2.45, 2.75) is 19.9 Å². The Hall–Kier alpha value is -4.67. The number of nitro benzene ring substituents is 1. The van der Waals surface area contributed by atoms with E-state index in [2.05, 4.69) is 15.7 Å². The van der Waals surface area contributed by atoms with E-state index in [1.807, 2.05) is 30.3 Å². The molecule has 2 aromatic carbocycles. The van der Waals surface area contributed by atoms with Crippen LogP contribution in [0.15, 0.2) is 66.0 Å². The van der Waals surface area contributed by atoms with Gasteiger partial charge < -0.3 is 20.1 Å². The fourth-order valence-electron chi connectivity index (χ4n) is 3.93. The molecule has 0 radical (unpaired) electrons. The zero-order valence-electron chi connectivity index (χ0n) is 19.3. The van der Waals surface area contributed by atoms with Crippen molar-refractivity contribution in [3.05, 3.63) is 81.7 Å². The number of nitrogens with zero attached hydrogens (tertiary/aromatic N) is 3. The third-order valence-corrected chi connectivity index (χ3v) is 5.48. The average molecular weight is 477 g/mol. The molecule has 0 saturated heterocycles. The largest absolute Gasteiger partial charge is 0.487 e.